The van der Waals surface area contributed by atoms with Crippen LogP contribution in [0.2, 0.25) is 0 Å². The summed E-state index contributed by atoms with van der Waals surface area (Å²) in [6.07, 6.45) is 0. The lowest BCUT2D eigenvalue weighted by Crippen LogP contribution is -2.30. The van der Waals surface area contributed by atoms with Gasteiger partial charge >= 0.3 is 5.97 Å². The van der Waals surface area contributed by atoms with E-state index in [0.717, 1.165) is 5.56 Å². The molecule has 1 aromatic heterocycles. The maximum atomic E-state index is 11.6. The summed E-state index contributed by atoms with van der Waals surface area (Å²) in [5.41, 5.74) is 0.891. The van der Waals surface area contributed by atoms with Gasteiger partial charge in [0.05, 0.1) is 0 Å². The van der Waals surface area contributed by atoms with Gasteiger partial charge in [-0.1, -0.05) is 30.3 Å². The van der Waals surface area contributed by atoms with Crippen molar-refractivity contribution >= 4 is 27.8 Å². The van der Waals surface area contributed by atoms with Gasteiger partial charge in [-0.05, 0) is 33.6 Å². The summed E-state index contributed by atoms with van der Waals surface area (Å²) in [5.74, 6) is -0.840. The Kier molecular flexibility index (Phi) is 4.95. The molecule has 2 aromatic rings. The van der Waals surface area contributed by atoms with Crippen molar-refractivity contribution in [2.75, 3.05) is 6.54 Å². The molecule has 1 N–H and O–H groups in total. The molecule has 0 radical (unpaired) electrons. The van der Waals surface area contributed by atoms with Gasteiger partial charge in [-0.25, -0.2) is 0 Å². The first kappa shape index (κ1) is 14.3. The van der Waals surface area contributed by atoms with E-state index in [0.29, 0.717) is 4.67 Å². The van der Waals surface area contributed by atoms with Gasteiger partial charge in [0.1, 0.15) is 13.2 Å². The molecule has 0 bridgehead atoms. The Hall–Kier alpha value is -2.08. The number of esters is 1. The Labute approximate surface area is 124 Å². The van der Waals surface area contributed by atoms with Crippen LogP contribution in [0.15, 0.2) is 51.6 Å². The number of hydrogen-bond donors (Lipinski definition) is 1. The van der Waals surface area contributed by atoms with Gasteiger partial charge in [0.2, 0.25) is 0 Å². The zero-order chi connectivity index (χ0) is 14.4. The molecule has 0 saturated heterocycles. The number of hydrogen-bond acceptors (Lipinski definition) is 4. The summed E-state index contributed by atoms with van der Waals surface area (Å²) in [6.45, 7) is -0.0220. The Balaban J connectivity index is 1.74. The van der Waals surface area contributed by atoms with Gasteiger partial charge in [-0.3, -0.25) is 9.59 Å². The lowest BCUT2D eigenvalue weighted by atomic mass is 10.2. The summed E-state index contributed by atoms with van der Waals surface area (Å²) < 4.78 is 10.5. The first-order valence-electron chi connectivity index (χ1n) is 5.88. The fourth-order valence-corrected chi connectivity index (χ4v) is 1.77. The maximum absolute atomic E-state index is 11.6. The van der Waals surface area contributed by atoms with Crippen LogP contribution in [0.4, 0.5) is 0 Å². The second-order valence-corrected chi connectivity index (χ2v) is 4.71. The zero-order valence-electron chi connectivity index (χ0n) is 10.5. The van der Waals surface area contributed by atoms with Crippen molar-refractivity contribution in [1.29, 1.82) is 0 Å². The van der Waals surface area contributed by atoms with E-state index in [1.807, 2.05) is 30.3 Å². The van der Waals surface area contributed by atoms with Gasteiger partial charge in [0, 0.05) is 0 Å². The average molecular weight is 338 g/mol. The number of halogens is 1. The molecule has 6 heteroatoms. The van der Waals surface area contributed by atoms with Crippen molar-refractivity contribution in [3.05, 3.63) is 58.5 Å². The standard InChI is InChI=1S/C14H12BrNO4/c15-12-7-6-11(20-12)14(18)16-8-13(17)19-9-10-4-2-1-3-5-10/h1-7H,8-9H2,(H,16,18). The smallest absolute Gasteiger partial charge is 0.325 e. The molecule has 20 heavy (non-hydrogen) atoms. The highest BCUT2D eigenvalue weighted by atomic mass is 79.9. The van der Waals surface area contributed by atoms with E-state index in [-0.39, 0.29) is 18.9 Å². The highest BCUT2D eigenvalue weighted by molar-refractivity contribution is 9.10. The fraction of sp³-hybridized carbons (Fsp3) is 0.143. The molecule has 1 aromatic carbocycles. The van der Waals surface area contributed by atoms with Crippen LogP contribution in [0.25, 0.3) is 0 Å². The predicted molar refractivity (Wildman–Crippen MR) is 75.0 cm³/mol. The molecule has 0 fully saturated rings. The Morgan fingerprint density at radius 2 is 1.90 bits per heavy atom. The van der Waals surface area contributed by atoms with Crippen LogP contribution < -0.4 is 5.32 Å². The van der Waals surface area contributed by atoms with Crippen molar-refractivity contribution in [2.24, 2.45) is 0 Å². The zero-order valence-corrected chi connectivity index (χ0v) is 12.1. The predicted octanol–water partition coefficient (Wildman–Crippen LogP) is 2.52. The lowest BCUT2D eigenvalue weighted by Gasteiger charge is -2.05. The highest BCUT2D eigenvalue weighted by Gasteiger charge is 2.12. The van der Waals surface area contributed by atoms with Crippen LogP contribution in [-0.2, 0) is 16.1 Å². The van der Waals surface area contributed by atoms with E-state index >= 15 is 0 Å². The molecule has 0 aliphatic heterocycles. The first-order chi connectivity index (χ1) is 9.65. The van der Waals surface area contributed by atoms with E-state index in [2.05, 4.69) is 21.2 Å². The molecular formula is C14H12BrNO4. The summed E-state index contributed by atoms with van der Waals surface area (Å²) in [5, 5.41) is 2.42. The first-order valence-corrected chi connectivity index (χ1v) is 6.67. The Morgan fingerprint density at radius 3 is 2.55 bits per heavy atom. The van der Waals surface area contributed by atoms with Gasteiger partial charge in [-0.2, -0.15) is 0 Å². The highest BCUT2D eigenvalue weighted by Crippen LogP contribution is 2.13. The van der Waals surface area contributed by atoms with E-state index in [9.17, 15) is 9.59 Å². The quantitative estimate of drug-likeness (QED) is 0.851. The summed E-state index contributed by atoms with van der Waals surface area (Å²) in [4.78, 5) is 23.1. The Bertz CT molecular complexity index is 594. The summed E-state index contributed by atoms with van der Waals surface area (Å²) in [6, 6.07) is 12.4. The minimum atomic E-state index is -0.507. The van der Waals surface area contributed by atoms with Crippen molar-refractivity contribution in [3.63, 3.8) is 0 Å². The maximum Gasteiger partial charge on any atom is 0.325 e. The normalized spacial score (nSPS) is 10.1. The van der Waals surface area contributed by atoms with Gasteiger partial charge < -0.3 is 14.5 Å². The van der Waals surface area contributed by atoms with Crippen molar-refractivity contribution < 1.29 is 18.7 Å². The number of furan rings is 1. The number of benzene rings is 1. The number of amides is 1. The average Bonchev–Trinajstić information content (AvgIpc) is 2.90. The largest absolute Gasteiger partial charge is 0.460 e. The number of carbonyl (C=O) groups excluding carboxylic acids is 2. The van der Waals surface area contributed by atoms with Crippen molar-refractivity contribution in [1.82, 2.24) is 5.32 Å². The molecule has 104 valence electrons. The van der Waals surface area contributed by atoms with Gasteiger partial charge in [0.15, 0.2) is 10.4 Å². The third-order valence-electron chi connectivity index (χ3n) is 2.43. The molecule has 1 amide bonds. The van der Waals surface area contributed by atoms with Crippen LogP contribution >= 0.6 is 15.9 Å². The fourth-order valence-electron chi connectivity index (χ4n) is 1.46. The number of nitrogens with one attached hydrogen (secondary N) is 1. The second kappa shape index (κ2) is 6.91. The van der Waals surface area contributed by atoms with E-state index in [1.54, 1.807) is 6.07 Å². The van der Waals surface area contributed by atoms with Crippen LogP contribution in [-0.4, -0.2) is 18.4 Å². The molecule has 0 unspecified atom stereocenters. The monoisotopic (exact) mass is 337 g/mol. The molecule has 2 rings (SSSR count). The van der Waals surface area contributed by atoms with Crippen LogP contribution in [0.5, 0.6) is 0 Å². The molecule has 1 heterocycles. The third kappa shape index (κ3) is 4.24. The summed E-state index contributed by atoms with van der Waals surface area (Å²) in [7, 11) is 0. The lowest BCUT2D eigenvalue weighted by molar-refractivity contribution is -0.143. The number of ether oxygens (including phenoxy) is 1. The van der Waals surface area contributed by atoms with Gasteiger partial charge in [0.25, 0.3) is 5.91 Å². The SMILES string of the molecule is O=C(CNC(=O)c1ccc(Br)o1)OCc1ccccc1. The van der Waals surface area contributed by atoms with E-state index in [1.165, 1.54) is 6.07 Å². The molecule has 0 aliphatic rings. The molecule has 5 nitrogen and oxygen atoms in total. The topological polar surface area (TPSA) is 68.5 Å². The minimum absolute atomic E-state index is 0.132. The van der Waals surface area contributed by atoms with Crippen molar-refractivity contribution in [2.45, 2.75) is 6.61 Å². The molecule has 0 spiro atoms. The van der Waals surface area contributed by atoms with Gasteiger partial charge in [-0.15, -0.1) is 0 Å². The van der Waals surface area contributed by atoms with E-state index < -0.39 is 11.9 Å². The van der Waals surface area contributed by atoms with Crippen LogP contribution in [0.3, 0.4) is 0 Å². The molecule has 0 atom stereocenters. The van der Waals surface area contributed by atoms with Crippen molar-refractivity contribution in [3.8, 4) is 0 Å². The number of carbonyl (C=O) groups is 2. The molecule has 0 saturated carbocycles. The summed E-state index contributed by atoms with van der Waals surface area (Å²) >= 11 is 3.09. The minimum Gasteiger partial charge on any atom is -0.460 e. The third-order valence-corrected chi connectivity index (χ3v) is 2.86. The molecular weight excluding hydrogens is 326 g/mol. The number of rotatable bonds is 5. The molecule has 0 aliphatic carbocycles. The Morgan fingerprint density at radius 1 is 1.15 bits per heavy atom. The van der Waals surface area contributed by atoms with Crippen LogP contribution in [0.1, 0.15) is 16.1 Å². The van der Waals surface area contributed by atoms with E-state index in [4.69, 9.17) is 9.15 Å². The van der Waals surface area contributed by atoms with Crippen LogP contribution in [0, 0.1) is 0 Å². The second-order valence-electron chi connectivity index (χ2n) is 3.93.